The maximum absolute atomic E-state index is 10.2. The number of aliphatic carboxylic acids is 1. The van der Waals surface area contributed by atoms with Gasteiger partial charge in [-0.15, -0.1) is 0 Å². The Morgan fingerprint density at radius 3 is 2.27 bits per heavy atom. The minimum absolute atomic E-state index is 0.0976. The molecule has 1 unspecified atom stereocenters. The van der Waals surface area contributed by atoms with Crippen LogP contribution in [0.5, 0.6) is 0 Å². The van der Waals surface area contributed by atoms with E-state index in [9.17, 15) is 9.36 Å². The van der Waals surface area contributed by atoms with Crippen molar-refractivity contribution in [2.75, 3.05) is 6.16 Å². The molecule has 0 aromatic rings. The maximum atomic E-state index is 10.2. The minimum atomic E-state index is -4.06. The fraction of sp³-hybridized carbons (Fsp3) is 0.750. The summed E-state index contributed by atoms with van der Waals surface area (Å²) >= 11 is 0. The van der Waals surface area contributed by atoms with Gasteiger partial charge in [-0.3, -0.25) is 4.57 Å². The molecule has 6 N–H and O–H groups in total. The average molecular weight is 184 g/mol. The Kier molecular flexibility index (Phi) is 3.68. The van der Waals surface area contributed by atoms with Crippen LogP contribution in [0.1, 0.15) is 6.42 Å². The number of hydrogen-bond donors (Lipinski definition) is 4. The van der Waals surface area contributed by atoms with Crippen molar-refractivity contribution in [2.45, 2.75) is 12.5 Å². The van der Waals surface area contributed by atoms with Gasteiger partial charge in [-0.25, -0.2) is 4.79 Å². The van der Waals surface area contributed by atoms with E-state index in [-0.39, 0.29) is 6.42 Å². The first-order valence-electron chi connectivity index (χ1n) is 2.93. The highest BCUT2D eigenvalue weighted by molar-refractivity contribution is 7.51. The third-order valence-electron chi connectivity index (χ3n) is 1.12. The van der Waals surface area contributed by atoms with E-state index in [2.05, 4.69) is 5.73 Å². The van der Waals surface area contributed by atoms with Crippen molar-refractivity contribution in [3.63, 3.8) is 0 Å². The second-order valence-electron chi connectivity index (χ2n) is 2.21. The van der Waals surface area contributed by atoms with Crippen molar-refractivity contribution >= 4 is 13.6 Å². The van der Waals surface area contributed by atoms with E-state index >= 15 is 0 Å². The van der Waals surface area contributed by atoms with Crippen molar-refractivity contribution in [2.24, 2.45) is 0 Å². The van der Waals surface area contributed by atoms with E-state index in [1.54, 1.807) is 0 Å². The van der Waals surface area contributed by atoms with Gasteiger partial charge in [0.2, 0.25) is 0 Å². The molecule has 0 radical (unpaired) electrons. The van der Waals surface area contributed by atoms with Gasteiger partial charge in [0.15, 0.2) is 6.04 Å². The molecule has 0 heterocycles. The van der Waals surface area contributed by atoms with Crippen LogP contribution in [0.15, 0.2) is 0 Å². The second-order valence-corrected chi connectivity index (χ2v) is 3.99. The van der Waals surface area contributed by atoms with Gasteiger partial charge >= 0.3 is 13.6 Å². The topological polar surface area (TPSA) is 122 Å². The van der Waals surface area contributed by atoms with E-state index in [4.69, 9.17) is 14.9 Å². The molecule has 0 saturated heterocycles. The first-order valence-corrected chi connectivity index (χ1v) is 4.73. The molecular formula is C4H11NO5P+. The fourth-order valence-electron chi connectivity index (χ4n) is 0.447. The number of hydrogen-bond acceptors (Lipinski definition) is 2. The normalized spacial score (nSPS) is 14.5. The maximum Gasteiger partial charge on any atom is 0.362 e. The lowest BCUT2D eigenvalue weighted by Crippen LogP contribution is -2.65. The van der Waals surface area contributed by atoms with Crippen molar-refractivity contribution in [1.29, 1.82) is 0 Å². The summed E-state index contributed by atoms with van der Waals surface area (Å²) in [6.45, 7) is 0. The van der Waals surface area contributed by atoms with Crippen molar-refractivity contribution in [3.05, 3.63) is 0 Å². The number of carboxylic acids is 1. The molecule has 0 aromatic carbocycles. The number of carboxylic acid groups (broad SMARTS) is 1. The van der Waals surface area contributed by atoms with Gasteiger partial charge in [-0.05, 0) is 0 Å². The molecule has 0 amide bonds. The first-order chi connectivity index (χ1) is 4.83. The van der Waals surface area contributed by atoms with Gasteiger partial charge in [-0.2, -0.15) is 0 Å². The van der Waals surface area contributed by atoms with Gasteiger partial charge in [0.05, 0.1) is 6.16 Å². The van der Waals surface area contributed by atoms with Crippen LogP contribution >= 0.6 is 7.60 Å². The standard InChI is InChI=1S/C4H10NO5P/c5-3(4(6)7)1-2-11(8,9)10/h3H,1-2,5H2,(H,6,7)(H2,8,9,10)/p+1. The Morgan fingerprint density at radius 2 is 2.00 bits per heavy atom. The molecule has 0 bridgehead atoms. The lowest BCUT2D eigenvalue weighted by atomic mass is 10.2. The Labute approximate surface area is 63.2 Å². The van der Waals surface area contributed by atoms with Crippen molar-refractivity contribution in [3.8, 4) is 0 Å². The van der Waals surface area contributed by atoms with E-state index in [1.165, 1.54) is 0 Å². The highest BCUT2D eigenvalue weighted by atomic mass is 31.2. The highest BCUT2D eigenvalue weighted by Gasteiger charge is 2.21. The number of rotatable bonds is 4. The molecule has 0 fully saturated rings. The molecular weight excluding hydrogens is 173 g/mol. The predicted octanol–water partition coefficient (Wildman–Crippen LogP) is -1.75. The summed E-state index contributed by atoms with van der Waals surface area (Å²) < 4.78 is 10.2. The van der Waals surface area contributed by atoms with Crippen LogP contribution in [0.3, 0.4) is 0 Å². The predicted molar refractivity (Wildman–Crippen MR) is 35.8 cm³/mol. The van der Waals surface area contributed by atoms with Crippen LogP contribution in [-0.4, -0.2) is 33.1 Å². The molecule has 0 spiro atoms. The Bertz CT molecular complexity index is 187. The first kappa shape index (κ1) is 10.6. The fourth-order valence-corrected chi connectivity index (χ4v) is 1.10. The van der Waals surface area contributed by atoms with Gasteiger partial charge in [-0.1, -0.05) is 0 Å². The summed E-state index contributed by atoms with van der Waals surface area (Å²) in [5.74, 6) is -1.14. The second kappa shape index (κ2) is 3.82. The minimum Gasteiger partial charge on any atom is -0.477 e. The molecule has 0 aromatic heterocycles. The summed E-state index contributed by atoms with van der Waals surface area (Å²) in [6.07, 6.45) is -0.521. The van der Waals surface area contributed by atoms with E-state index in [1.807, 2.05) is 0 Å². The zero-order valence-electron chi connectivity index (χ0n) is 5.80. The van der Waals surface area contributed by atoms with E-state index in [0.29, 0.717) is 0 Å². The Balaban J connectivity index is 3.72. The molecule has 0 saturated carbocycles. The molecule has 0 aliphatic rings. The molecule has 11 heavy (non-hydrogen) atoms. The largest absolute Gasteiger partial charge is 0.477 e. The molecule has 6 nitrogen and oxygen atoms in total. The van der Waals surface area contributed by atoms with Crippen LogP contribution < -0.4 is 5.73 Å². The van der Waals surface area contributed by atoms with Crippen molar-refractivity contribution in [1.82, 2.24) is 0 Å². The van der Waals surface area contributed by atoms with Gasteiger partial charge in [0, 0.05) is 6.42 Å². The summed E-state index contributed by atoms with van der Waals surface area (Å²) in [5, 5.41) is 8.26. The highest BCUT2D eigenvalue weighted by Crippen LogP contribution is 2.34. The molecule has 7 heteroatoms. The SMILES string of the molecule is [NH3+]C(CCP(=O)(O)O)C(=O)O. The van der Waals surface area contributed by atoms with Crippen LogP contribution in [0, 0.1) is 0 Å². The van der Waals surface area contributed by atoms with Crippen LogP contribution in [0.25, 0.3) is 0 Å². The summed E-state index contributed by atoms with van der Waals surface area (Å²) in [7, 11) is -4.06. The number of carbonyl (C=O) groups is 1. The third kappa shape index (κ3) is 6.00. The Hall–Kier alpha value is -0.420. The van der Waals surface area contributed by atoms with Crippen LogP contribution in [-0.2, 0) is 9.36 Å². The molecule has 0 aliphatic carbocycles. The van der Waals surface area contributed by atoms with E-state index < -0.39 is 25.8 Å². The van der Waals surface area contributed by atoms with E-state index in [0.717, 1.165) is 0 Å². The van der Waals surface area contributed by atoms with Gasteiger partial charge in [0.25, 0.3) is 0 Å². The smallest absolute Gasteiger partial charge is 0.362 e. The molecule has 1 atom stereocenters. The molecule has 0 aliphatic heterocycles. The Morgan fingerprint density at radius 1 is 1.55 bits per heavy atom. The van der Waals surface area contributed by atoms with Gasteiger partial charge in [0.1, 0.15) is 0 Å². The zero-order valence-corrected chi connectivity index (χ0v) is 6.70. The summed E-state index contributed by atoms with van der Waals surface area (Å²) in [6, 6.07) is -0.942. The monoisotopic (exact) mass is 184 g/mol. The quantitative estimate of drug-likeness (QED) is 0.386. The summed E-state index contributed by atoms with van der Waals surface area (Å²) in [5.41, 5.74) is 3.20. The molecule has 66 valence electrons. The molecule has 0 rings (SSSR count). The van der Waals surface area contributed by atoms with Crippen LogP contribution in [0.2, 0.25) is 0 Å². The zero-order chi connectivity index (χ0) is 9.07. The number of quaternary nitrogens is 1. The van der Waals surface area contributed by atoms with Crippen molar-refractivity contribution < 1.29 is 30.0 Å². The third-order valence-corrected chi connectivity index (χ3v) is 1.96. The summed E-state index contributed by atoms with van der Waals surface area (Å²) in [4.78, 5) is 26.8. The lowest BCUT2D eigenvalue weighted by Gasteiger charge is -2.03. The average Bonchev–Trinajstić information content (AvgIpc) is 1.80. The van der Waals surface area contributed by atoms with Crippen LogP contribution in [0.4, 0.5) is 0 Å². The van der Waals surface area contributed by atoms with Gasteiger partial charge < -0.3 is 20.6 Å². The lowest BCUT2D eigenvalue weighted by molar-refractivity contribution is -0.407.